The van der Waals surface area contributed by atoms with Crippen molar-refractivity contribution in [1.82, 2.24) is 14.6 Å². The van der Waals surface area contributed by atoms with Gasteiger partial charge in [-0.25, -0.2) is 17.9 Å². The summed E-state index contributed by atoms with van der Waals surface area (Å²) in [4.78, 5) is 17.6. The van der Waals surface area contributed by atoms with Gasteiger partial charge in [0.25, 0.3) is 5.91 Å². The van der Waals surface area contributed by atoms with Crippen molar-refractivity contribution < 1.29 is 18.5 Å². The number of halogens is 1. The predicted octanol–water partition coefficient (Wildman–Crippen LogP) is 5.01. The highest BCUT2D eigenvalue weighted by atomic mass is 32.2. The van der Waals surface area contributed by atoms with Crippen LogP contribution in [0.3, 0.4) is 0 Å². The van der Waals surface area contributed by atoms with Crippen LogP contribution in [0.2, 0.25) is 0 Å². The Balaban J connectivity index is 1.90. The zero-order valence-corrected chi connectivity index (χ0v) is 21.9. The molecule has 2 aromatic carbocycles. The zero-order valence-electron chi connectivity index (χ0n) is 21.0. The minimum atomic E-state index is -1.34. The minimum absolute atomic E-state index is 0.0806. The predicted molar refractivity (Wildman–Crippen MR) is 141 cm³/mol. The lowest BCUT2D eigenvalue weighted by Gasteiger charge is -2.30. The molecule has 0 aliphatic carbocycles. The first-order valence-corrected chi connectivity index (χ1v) is 13.2. The van der Waals surface area contributed by atoms with Gasteiger partial charge in [-0.15, -0.1) is 0 Å². The van der Waals surface area contributed by atoms with Gasteiger partial charge in [-0.1, -0.05) is 30.3 Å². The molecule has 0 radical (unpaired) electrons. The Morgan fingerprint density at radius 1 is 1.14 bits per heavy atom. The van der Waals surface area contributed by atoms with Gasteiger partial charge in [-0.05, 0) is 75.1 Å². The molecule has 6 nitrogen and oxygen atoms in total. The van der Waals surface area contributed by atoms with Gasteiger partial charge in [0.05, 0.1) is 16.5 Å². The van der Waals surface area contributed by atoms with Gasteiger partial charge in [0, 0.05) is 30.8 Å². The van der Waals surface area contributed by atoms with E-state index in [1.54, 1.807) is 12.1 Å². The van der Waals surface area contributed by atoms with Crippen molar-refractivity contribution in [1.29, 1.82) is 0 Å². The third kappa shape index (κ3) is 5.26. The van der Waals surface area contributed by atoms with E-state index in [0.717, 1.165) is 27.8 Å². The summed E-state index contributed by atoms with van der Waals surface area (Å²) in [6.45, 7) is 8.38. The molecule has 4 rings (SSSR count). The number of benzene rings is 2. The SMILES string of the molecule is CCNC(=O)c1cc2c(c(-c3cccc(-c4cccc(F)c4)c3)n1)[C@@H](CCO)N([S@](=O)C(C)(C)C)C2. The highest BCUT2D eigenvalue weighted by Gasteiger charge is 2.40. The number of rotatable bonds is 7. The molecular weight excluding hydrogens is 477 g/mol. The van der Waals surface area contributed by atoms with Crippen LogP contribution in [0.1, 0.15) is 61.8 Å². The Labute approximate surface area is 214 Å². The maximum Gasteiger partial charge on any atom is 0.269 e. The Morgan fingerprint density at radius 3 is 2.44 bits per heavy atom. The lowest BCUT2D eigenvalue weighted by atomic mass is 9.94. The van der Waals surface area contributed by atoms with Gasteiger partial charge in [0.2, 0.25) is 0 Å². The molecule has 8 heteroatoms. The van der Waals surface area contributed by atoms with Crippen LogP contribution in [0.4, 0.5) is 4.39 Å². The lowest BCUT2D eigenvalue weighted by Crippen LogP contribution is -2.36. The molecule has 1 aliphatic rings. The van der Waals surface area contributed by atoms with Crippen molar-refractivity contribution in [2.24, 2.45) is 0 Å². The Hall–Kier alpha value is -2.94. The Morgan fingerprint density at radius 2 is 1.81 bits per heavy atom. The second kappa shape index (κ2) is 10.6. The summed E-state index contributed by atoms with van der Waals surface area (Å²) in [5, 5.41) is 12.7. The molecule has 0 saturated carbocycles. The maximum atomic E-state index is 13.9. The summed E-state index contributed by atoms with van der Waals surface area (Å²) in [5.41, 5.74) is 4.95. The molecule has 2 N–H and O–H groups in total. The van der Waals surface area contributed by atoms with E-state index in [9.17, 15) is 18.5 Å². The quantitative estimate of drug-likeness (QED) is 0.469. The number of pyridine rings is 1. The van der Waals surface area contributed by atoms with E-state index < -0.39 is 15.7 Å². The summed E-state index contributed by atoms with van der Waals surface area (Å²) in [5.74, 6) is -0.601. The average Bonchev–Trinajstić information content (AvgIpc) is 3.21. The molecule has 2 atom stereocenters. The highest BCUT2D eigenvalue weighted by Crippen LogP contribution is 2.44. The first-order valence-electron chi connectivity index (χ1n) is 12.1. The van der Waals surface area contributed by atoms with Crippen LogP contribution in [0.5, 0.6) is 0 Å². The third-order valence-electron chi connectivity index (χ3n) is 6.15. The topological polar surface area (TPSA) is 82.5 Å². The minimum Gasteiger partial charge on any atom is -0.396 e. The highest BCUT2D eigenvalue weighted by molar-refractivity contribution is 7.84. The molecule has 0 unspecified atom stereocenters. The van der Waals surface area contributed by atoms with Crippen molar-refractivity contribution in [3.8, 4) is 22.4 Å². The normalized spacial score (nSPS) is 16.6. The molecule has 0 spiro atoms. The van der Waals surface area contributed by atoms with Crippen LogP contribution in [-0.2, 0) is 17.5 Å². The van der Waals surface area contributed by atoms with Gasteiger partial charge < -0.3 is 10.4 Å². The van der Waals surface area contributed by atoms with E-state index in [4.69, 9.17) is 4.98 Å². The number of hydrogen-bond acceptors (Lipinski definition) is 4. The smallest absolute Gasteiger partial charge is 0.269 e. The summed E-state index contributed by atoms with van der Waals surface area (Å²) in [7, 11) is -1.34. The number of nitrogens with one attached hydrogen (secondary N) is 1. The van der Waals surface area contributed by atoms with Crippen LogP contribution in [-0.4, -0.2) is 42.4 Å². The standard InChI is InChI=1S/C28H32FN3O3S/c1-5-30-27(34)23-16-21-17-32(36(35)28(2,3)4)24(12-13-33)25(21)26(31-23)20-10-6-8-18(14-20)19-9-7-11-22(29)15-19/h6-11,14-16,24,33H,5,12-13,17H2,1-4H3,(H,30,34)/t24-,36-/m1/s1. The summed E-state index contributed by atoms with van der Waals surface area (Å²) >= 11 is 0. The summed E-state index contributed by atoms with van der Waals surface area (Å²) < 4.78 is 28.8. The van der Waals surface area contributed by atoms with Gasteiger partial charge in [0.1, 0.15) is 22.5 Å². The molecule has 36 heavy (non-hydrogen) atoms. The molecule has 1 amide bonds. The van der Waals surface area contributed by atoms with Crippen molar-refractivity contribution >= 4 is 16.9 Å². The number of hydrogen-bond donors (Lipinski definition) is 2. The largest absolute Gasteiger partial charge is 0.396 e. The van der Waals surface area contributed by atoms with Crippen LogP contribution >= 0.6 is 0 Å². The van der Waals surface area contributed by atoms with Crippen LogP contribution < -0.4 is 5.32 Å². The molecule has 2 heterocycles. The lowest BCUT2D eigenvalue weighted by molar-refractivity contribution is 0.0951. The maximum absolute atomic E-state index is 13.9. The van der Waals surface area contributed by atoms with E-state index in [-0.39, 0.29) is 30.1 Å². The van der Waals surface area contributed by atoms with E-state index in [2.05, 4.69) is 5.32 Å². The second-order valence-electron chi connectivity index (χ2n) is 9.84. The second-order valence-corrected chi connectivity index (χ2v) is 12.0. The Bertz CT molecular complexity index is 1310. The first-order chi connectivity index (χ1) is 17.1. The molecule has 1 aliphatic heterocycles. The van der Waals surface area contributed by atoms with Crippen LogP contribution in [0, 0.1) is 5.82 Å². The first kappa shape index (κ1) is 26.1. The fraction of sp³-hybridized carbons (Fsp3) is 0.357. The summed E-state index contributed by atoms with van der Waals surface area (Å²) in [6.07, 6.45) is 0.383. The number of fused-ring (bicyclic) bond motifs is 1. The van der Waals surface area contributed by atoms with E-state index >= 15 is 0 Å². The number of aliphatic hydroxyl groups is 1. The van der Waals surface area contributed by atoms with Crippen molar-refractivity contribution in [2.45, 2.75) is 51.4 Å². The fourth-order valence-electron chi connectivity index (χ4n) is 4.57. The van der Waals surface area contributed by atoms with Crippen molar-refractivity contribution in [3.05, 3.63) is 77.2 Å². The molecule has 0 saturated heterocycles. The van der Waals surface area contributed by atoms with Crippen LogP contribution in [0.15, 0.2) is 54.6 Å². The van der Waals surface area contributed by atoms with Gasteiger partial charge in [-0.2, -0.15) is 0 Å². The molecule has 0 fully saturated rings. The average molecular weight is 510 g/mol. The monoisotopic (exact) mass is 509 g/mol. The van der Waals surface area contributed by atoms with E-state index in [1.807, 2.05) is 62.3 Å². The third-order valence-corrected chi connectivity index (χ3v) is 8.01. The number of carbonyl (C=O) groups excluding carboxylic acids is 1. The fourth-order valence-corrected chi connectivity index (χ4v) is 5.97. The van der Waals surface area contributed by atoms with Crippen molar-refractivity contribution in [2.75, 3.05) is 13.2 Å². The number of nitrogens with zero attached hydrogens (tertiary/aromatic N) is 2. The molecule has 0 bridgehead atoms. The van der Waals surface area contributed by atoms with Gasteiger partial charge in [0.15, 0.2) is 0 Å². The van der Waals surface area contributed by atoms with E-state index in [1.165, 1.54) is 12.1 Å². The molecular formula is C28H32FN3O3S. The summed E-state index contributed by atoms with van der Waals surface area (Å²) in [6, 6.07) is 15.4. The number of amides is 1. The van der Waals surface area contributed by atoms with Gasteiger partial charge in [-0.3, -0.25) is 4.79 Å². The van der Waals surface area contributed by atoms with Crippen LogP contribution in [0.25, 0.3) is 22.4 Å². The molecule has 1 aromatic heterocycles. The molecule has 3 aromatic rings. The Kier molecular flexibility index (Phi) is 7.68. The number of carbonyl (C=O) groups is 1. The number of aliphatic hydroxyl groups excluding tert-OH is 1. The van der Waals surface area contributed by atoms with Crippen molar-refractivity contribution in [3.63, 3.8) is 0 Å². The zero-order chi connectivity index (χ0) is 26.0. The van der Waals surface area contributed by atoms with Gasteiger partial charge >= 0.3 is 0 Å². The van der Waals surface area contributed by atoms with E-state index in [0.29, 0.717) is 25.2 Å². The molecule has 190 valence electrons. The number of aromatic nitrogens is 1.